The molecule has 0 unspecified atom stereocenters. The molecule has 7 nitrogen and oxygen atoms in total. The van der Waals surface area contributed by atoms with E-state index in [1.807, 2.05) is 71.0 Å². The van der Waals surface area contributed by atoms with Gasteiger partial charge in [-0.15, -0.1) is 0 Å². The molecule has 1 aliphatic rings. The van der Waals surface area contributed by atoms with E-state index in [-0.39, 0.29) is 17.2 Å². The van der Waals surface area contributed by atoms with Gasteiger partial charge in [0.05, 0.1) is 18.2 Å². The van der Waals surface area contributed by atoms with Crippen LogP contribution in [0.4, 0.5) is 4.79 Å². The van der Waals surface area contributed by atoms with Crippen LogP contribution in [0.25, 0.3) is 0 Å². The summed E-state index contributed by atoms with van der Waals surface area (Å²) in [7, 11) is -2.05. The molecule has 0 aliphatic carbocycles. The summed E-state index contributed by atoms with van der Waals surface area (Å²) in [6.45, 7) is 22.7. The van der Waals surface area contributed by atoms with Crippen molar-refractivity contribution in [2.24, 2.45) is 0 Å². The summed E-state index contributed by atoms with van der Waals surface area (Å²) < 4.78 is 18.9. The zero-order valence-electron chi connectivity index (χ0n) is 28.1. The SMILES string of the molecule is CCC(=O)[C@H](OC(=O)N1C(C)(C)COC1(C)C)[C@H](CCO[Si](C)(C)C(C)(C)C)N(Cc1ccccc1)Cc1ccccc1. The molecule has 8 heteroatoms. The Bertz CT molecular complexity index is 1140. The minimum absolute atomic E-state index is 0.0499. The average Bonchev–Trinajstić information content (AvgIpc) is 3.16. The third-order valence-corrected chi connectivity index (χ3v) is 13.5. The molecule has 1 amide bonds. The number of hydrogen-bond donors (Lipinski definition) is 0. The number of ether oxygens (including phenoxy) is 2. The summed E-state index contributed by atoms with van der Waals surface area (Å²) in [5, 5.41) is 0.0499. The van der Waals surface area contributed by atoms with Crippen molar-refractivity contribution in [1.82, 2.24) is 9.80 Å². The fraction of sp³-hybridized carbons (Fsp3) is 0.600. The summed E-state index contributed by atoms with van der Waals surface area (Å²) >= 11 is 0. The normalized spacial score (nSPS) is 18.0. The Hall–Kier alpha value is -2.52. The zero-order valence-corrected chi connectivity index (χ0v) is 29.1. The number of rotatable bonds is 13. The number of carbonyl (C=O) groups is 2. The van der Waals surface area contributed by atoms with Crippen molar-refractivity contribution < 1.29 is 23.5 Å². The molecule has 43 heavy (non-hydrogen) atoms. The van der Waals surface area contributed by atoms with E-state index in [0.29, 0.717) is 32.7 Å². The minimum Gasteiger partial charge on any atom is -0.436 e. The topological polar surface area (TPSA) is 68.3 Å². The van der Waals surface area contributed by atoms with Crippen molar-refractivity contribution >= 4 is 20.2 Å². The predicted molar refractivity (Wildman–Crippen MR) is 175 cm³/mol. The molecule has 0 N–H and O–H groups in total. The van der Waals surface area contributed by atoms with Gasteiger partial charge in [-0.2, -0.15) is 0 Å². The molecule has 2 aromatic carbocycles. The van der Waals surface area contributed by atoms with Gasteiger partial charge in [-0.1, -0.05) is 88.4 Å². The van der Waals surface area contributed by atoms with Gasteiger partial charge in [0.15, 0.2) is 20.2 Å². The van der Waals surface area contributed by atoms with E-state index >= 15 is 0 Å². The minimum atomic E-state index is -2.05. The molecule has 1 aliphatic heterocycles. The van der Waals surface area contributed by atoms with Gasteiger partial charge in [0.25, 0.3) is 0 Å². The molecule has 238 valence electrons. The lowest BCUT2D eigenvalue weighted by molar-refractivity contribution is -0.134. The van der Waals surface area contributed by atoms with Crippen LogP contribution < -0.4 is 0 Å². The van der Waals surface area contributed by atoms with Crippen molar-refractivity contribution in [3.63, 3.8) is 0 Å². The fourth-order valence-electron chi connectivity index (χ4n) is 5.50. The van der Waals surface area contributed by atoms with Gasteiger partial charge >= 0.3 is 6.09 Å². The maximum Gasteiger partial charge on any atom is 0.413 e. The fourth-order valence-corrected chi connectivity index (χ4v) is 6.56. The van der Waals surface area contributed by atoms with E-state index in [1.165, 1.54) is 0 Å². The molecule has 0 aromatic heterocycles. The molecule has 1 saturated heterocycles. The largest absolute Gasteiger partial charge is 0.436 e. The molecule has 0 saturated carbocycles. The highest BCUT2D eigenvalue weighted by Crippen LogP contribution is 2.38. The molecule has 0 radical (unpaired) electrons. The number of nitrogens with zero attached hydrogens (tertiary/aromatic N) is 2. The van der Waals surface area contributed by atoms with E-state index in [0.717, 1.165) is 11.1 Å². The second-order valence-corrected chi connectivity index (χ2v) is 19.2. The highest BCUT2D eigenvalue weighted by atomic mass is 28.4. The third kappa shape index (κ3) is 9.00. The number of carbonyl (C=O) groups excluding carboxylic acids is 2. The van der Waals surface area contributed by atoms with Crippen LogP contribution >= 0.6 is 0 Å². The molecule has 2 aromatic rings. The Balaban J connectivity index is 2.04. The highest BCUT2D eigenvalue weighted by molar-refractivity contribution is 6.74. The Labute approximate surface area is 261 Å². The molecular formula is C35H54N2O5Si. The second-order valence-electron chi connectivity index (χ2n) is 14.3. The van der Waals surface area contributed by atoms with Crippen molar-refractivity contribution in [3.8, 4) is 0 Å². The van der Waals surface area contributed by atoms with Crippen molar-refractivity contribution in [2.45, 2.75) is 123 Å². The van der Waals surface area contributed by atoms with E-state index < -0.39 is 37.8 Å². The van der Waals surface area contributed by atoms with Gasteiger partial charge in [-0.3, -0.25) is 14.6 Å². The standard InChI is InChI=1S/C35H54N2O5Si/c1-11-30(38)31(42-32(39)37-34(5,6)26-40-35(37,7)8)29(22-23-41-43(9,10)33(2,3)4)36(24-27-18-14-12-15-19-27)25-28-20-16-13-17-21-28/h12-21,29,31H,11,22-26H2,1-10H3/t29-,31+/m0/s1. The van der Waals surface area contributed by atoms with Gasteiger partial charge in [0.1, 0.15) is 5.72 Å². The number of Topliss-reactive ketones (excluding diaryl/α,β-unsaturated/α-hetero) is 1. The van der Waals surface area contributed by atoms with Crippen LogP contribution in [-0.2, 0) is 31.8 Å². The summed E-state index contributed by atoms with van der Waals surface area (Å²) in [6, 6.07) is 20.1. The van der Waals surface area contributed by atoms with Crippen LogP contribution in [-0.4, -0.2) is 66.6 Å². The monoisotopic (exact) mass is 610 g/mol. The van der Waals surface area contributed by atoms with Gasteiger partial charge in [-0.05, 0) is 63.4 Å². The summed E-state index contributed by atoms with van der Waals surface area (Å²) in [5.74, 6) is -0.104. The molecular weight excluding hydrogens is 556 g/mol. The summed E-state index contributed by atoms with van der Waals surface area (Å²) in [4.78, 5) is 31.6. The number of benzene rings is 2. The Morgan fingerprint density at radius 2 is 1.47 bits per heavy atom. The number of ketones is 1. The molecule has 3 rings (SSSR count). The lowest BCUT2D eigenvalue weighted by Gasteiger charge is -2.41. The van der Waals surface area contributed by atoms with Crippen LogP contribution in [0.2, 0.25) is 18.1 Å². The van der Waals surface area contributed by atoms with E-state index in [1.54, 1.807) is 4.90 Å². The Morgan fingerprint density at radius 1 is 0.953 bits per heavy atom. The highest BCUT2D eigenvalue weighted by Gasteiger charge is 2.51. The molecule has 2 atom stereocenters. The van der Waals surface area contributed by atoms with Gasteiger partial charge < -0.3 is 13.9 Å². The van der Waals surface area contributed by atoms with E-state index in [4.69, 9.17) is 13.9 Å². The lowest BCUT2D eigenvalue weighted by Crippen LogP contribution is -2.56. The number of amides is 1. The maximum atomic E-state index is 13.9. The number of hydrogen-bond acceptors (Lipinski definition) is 6. The van der Waals surface area contributed by atoms with E-state index in [9.17, 15) is 9.59 Å². The van der Waals surface area contributed by atoms with Crippen molar-refractivity contribution in [3.05, 3.63) is 71.8 Å². The predicted octanol–water partition coefficient (Wildman–Crippen LogP) is 7.80. The first-order chi connectivity index (χ1) is 20.0. The quantitative estimate of drug-likeness (QED) is 0.216. The van der Waals surface area contributed by atoms with E-state index in [2.05, 4.69) is 63.0 Å². The first-order valence-electron chi connectivity index (χ1n) is 15.6. The molecule has 1 fully saturated rings. The maximum absolute atomic E-state index is 13.9. The summed E-state index contributed by atoms with van der Waals surface area (Å²) in [5.41, 5.74) is 0.820. The summed E-state index contributed by atoms with van der Waals surface area (Å²) in [6.07, 6.45) is -0.709. The van der Waals surface area contributed by atoms with Crippen molar-refractivity contribution in [1.29, 1.82) is 0 Å². The lowest BCUT2D eigenvalue weighted by atomic mass is 9.98. The Kier molecular flexibility index (Phi) is 11.4. The molecule has 0 bridgehead atoms. The van der Waals surface area contributed by atoms with Crippen LogP contribution in [0.3, 0.4) is 0 Å². The zero-order chi connectivity index (χ0) is 32.1. The van der Waals surface area contributed by atoms with Gasteiger partial charge in [0.2, 0.25) is 0 Å². The first-order valence-corrected chi connectivity index (χ1v) is 18.5. The molecule has 0 spiro atoms. The second kappa shape index (κ2) is 14.1. The van der Waals surface area contributed by atoms with Crippen LogP contribution in [0, 0.1) is 0 Å². The van der Waals surface area contributed by atoms with Crippen LogP contribution in [0.5, 0.6) is 0 Å². The Morgan fingerprint density at radius 3 is 1.88 bits per heavy atom. The smallest absolute Gasteiger partial charge is 0.413 e. The van der Waals surface area contributed by atoms with Gasteiger partial charge in [-0.25, -0.2) is 4.79 Å². The van der Waals surface area contributed by atoms with Gasteiger partial charge in [0, 0.05) is 26.1 Å². The third-order valence-electron chi connectivity index (χ3n) is 8.96. The van der Waals surface area contributed by atoms with Crippen LogP contribution in [0.1, 0.15) is 79.4 Å². The van der Waals surface area contributed by atoms with Crippen LogP contribution in [0.15, 0.2) is 60.7 Å². The average molecular weight is 611 g/mol. The molecule has 1 heterocycles. The van der Waals surface area contributed by atoms with Crippen molar-refractivity contribution in [2.75, 3.05) is 13.2 Å². The first kappa shape index (κ1) is 35.0.